The molecule has 0 bridgehead atoms. The molecule has 3 nitrogen and oxygen atoms in total. The zero-order chi connectivity index (χ0) is 8.97. The van der Waals surface area contributed by atoms with Gasteiger partial charge in [-0.15, -0.1) is 0 Å². The monoisotopic (exact) mass is 166 g/mol. The second-order valence-corrected chi connectivity index (χ2v) is 2.35. The molecule has 0 aliphatic heterocycles. The first-order valence-electron chi connectivity index (χ1n) is 3.67. The Bertz CT molecular complexity index is 261. The summed E-state index contributed by atoms with van der Waals surface area (Å²) in [4.78, 5) is 0. The molecule has 0 aliphatic carbocycles. The normalized spacial score (nSPS) is 9.58. The first kappa shape index (κ1) is 8.87. The number of rotatable bonds is 3. The van der Waals surface area contributed by atoms with E-state index in [4.69, 9.17) is 15.2 Å². The molecule has 0 spiro atoms. The topological polar surface area (TPSA) is 42.3 Å². The second kappa shape index (κ2) is 3.97. The van der Waals surface area contributed by atoms with E-state index in [0.717, 1.165) is 11.3 Å². The van der Waals surface area contributed by atoms with Crippen molar-refractivity contribution in [2.24, 2.45) is 0 Å². The molecular weight excluding hydrogens is 154 g/mol. The SMILES string of the molecule is COc1ccc(C[NH])c(OC)c1. The molecule has 1 aromatic carbocycles. The third kappa shape index (κ3) is 1.68. The lowest BCUT2D eigenvalue weighted by molar-refractivity contribution is 0.391. The maximum atomic E-state index is 7.19. The van der Waals surface area contributed by atoms with Gasteiger partial charge in [0, 0.05) is 18.2 Å². The van der Waals surface area contributed by atoms with Gasteiger partial charge in [-0.25, -0.2) is 0 Å². The maximum Gasteiger partial charge on any atom is 0.127 e. The predicted molar refractivity (Wildman–Crippen MR) is 46.3 cm³/mol. The van der Waals surface area contributed by atoms with Gasteiger partial charge in [-0.2, -0.15) is 0 Å². The van der Waals surface area contributed by atoms with Gasteiger partial charge < -0.3 is 9.47 Å². The fourth-order valence-electron chi connectivity index (χ4n) is 0.998. The Hall–Kier alpha value is -1.22. The van der Waals surface area contributed by atoms with Crippen molar-refractivity contribution < 1.29 is 9.47 Å². The van der Waals surface area contributed by atoms with Crippen LogP contribution in [0.5, 0.6) is 11.5 Å². The van der Waals surface area contributed by atoms with Crippen LogP contribution in [0.4, 0.5) is 0 Å². The van der Waals surface area contributed by atoms with Gasteiger partial charge in [0.25, 0.3) is 0 Å². The van der Waals surface area contributed by atoms with Crippen LogP contribution in [0, 0.1) is 0 Å². The van der Waals surface area contributed by atoms with Gasteiger partial charge in [0.1, 0.15) is 11.5 Å². The molecule has 1 aromatic rings. The summed E-state index contributed by atoms with van der Waals surface area (Å²) in [6.45, 7) is 0.229. The minimum absolute atomic E-state index is 0.229. The second-order valence-electron chi connectivity index (χ2n) is 2.35. The van der Waals surface area contributed by atoms with Crippen LogP contribution in [0.3, 0.4) is 0 Å². The minimum Gasteiger partial charge on any atom is -0.497 e. The average Bonchev–Trinajstić information content (AvgIpc) is 2.16. The summed E-state index contributed by atoms with van der Waals surface area (Å²) < 4.78 is 10.1. The van der Waals surface area contributed by atoms with E-state index in [0.29, 0.717) is 5.75 Å². The summed E-state index contributed by atoms with van der Waals surface area (Å²) in [6, 6.07) is 5.45. The van der Waals surface area contributed by atoms with Gasteiger partial charge in [-0.05, 0) is 6.07 Å². The van der Waals surface area contributed by atoms with E-state index in [2.05, 4.69) is 0 Å². The van der Waals surface area contributed by atoms with Crippen molar-refractivity contribution in [3.8, 4) is 11.5 Å². The van der Waals surface area contributed by atoms with Crippen LogP contribution in [-0.4, -0.2) is 14.2 Å². The number of ether oxygens (including phenoxy) is 2. The van der Waals surface area contributed by atoms with Crippen LogP contribution in [-0.2, 0) is 6.54 Å². The largest absolute Gasteiger partial charge is 0.497 e. The minimum atomic E-state index is 0.229. The summed E-state index contributed by atoms with van der Waals surface area (Å²) >= 11 is 0. The Morgan fingerprint density at radius 3 is 2.50 bits per heavy atom. The molecular formula is C9H12NO2. The molecule has 1 radical (unpaired) electrons. The van der Waals surface area contributed by atoms with Crippen molar-refractivity contribution in [2.75, 3.05) is 14.2 Å². The van der Waals surface area contributed by atoms with Crippen LogP contribution < -0.4 is 15.2 Å². The van der Waals surface area contributed by atoms with Gasteiger partial charge in [0.05, 0.1) is 14.2 Å². The van der Waals surface area contributed by atoms with Gasteiger partial charge in [0.2, 0.25) is 0 Å². The van der Waals surface area contributed by atoms with Crippen molar-refractivity contribution in [2.45, 2.75) is 6.54 Å². The quantitative estimate of drug-likeness (QED) is 0.682. The van der Waals surface area contributed by atoms with Gasteiger partial charge in [-0.3, -0.25) is 5.73 Å². The number of nitrogens with one attached hydrogen (secondary N) is 1. The van der Waals surface area contributed by atoms with Crippen LogP contribution in [0.2, 0.25) is 0 Å². The number of hydrogen-bond acceptors (Lipinski definition) is 2. The molecule has 1 rings (SSSR count). The molecule has 12 heavy (non-hydrogen) atoms. The molecule has 0 fully saturated rings. The van der Waals surface area contributed by atoms with Crippen molar-refractivity contribution in [1.82, 2.24) is 5.73 Å². The Labute approximate surface area is 72.1 Å². The molecule has 1 N–H and O–H groups in total. The van der Waals surface area contributed by atoms with Crippen LogP contribution in [0.1, 0.15) is 5.56 Å². The van der Waals surface area contributed by atoms with Gasteiger partial charge >= 0.3 is 0 Å². The molecule has 0 saturated carbocycles. The van der Waals surface area contributed by atoms with E-state index in [1.807, 2.05) is 12.1 Å². The lowest BCUT2D eigenvalue weighted by Gasteiger charge is -2.07. The Morgan fingerprint density at radius 2 is 2.00 bits per heavy atom. The fourth-order valence-corrected chi connectivity index (χ4v) is 0.998. The summed E-state index contributed by atoms with van der Waals surface area (Å²) in [7, 11) is 3.20. The standard InChI is InChI=1S/C9H12NO2/c1-11-8-4-3-7(6-10)9(5-8)12-2/h3-5,10H,6H2,1-2H3. The van der Waals surface area contributed by atoms with Gasteiger partial charge in [0.15, 0.2) is 0 Å². The molecule has 0 amide bonds. The number of benzene rings is 1. The predicted octanol–water partition coefficient (Wildman–Crippen LogP) is 1.49. The molecule has 3 heteroatoms. The molecule has 0 aliphatic rings. The zero-order valence-electron chi connectivity index (χ0n) is 7.26. The molecule has 65 valence electrons. The highest BCUT2D eigenvalue weighted by Gasteiger charge is 2.02. The van der Waals surface area contributed by atoms with E-state index < -0.39 is 0 Å². The van der Waals surface area contributed by atoms with Crippen molar-refractivity contribution >= 4 is 0 Å². The maximum absolute atomic E-state index is 7.19. The Balaban J connectivity index is 3.02. The first-order valence-corrected chi connectivity index (χ1v) is 3.67. The fraction of sp³-hybridized carbons (Fsp3) is 0.333. The molecule has 0 aromatic heterocycles. The van der Waals surface area contributed by atoms with Crippen LogP contribution in [0.15, 0.2) is 18.2 Å². The smallest absolute Gasteiger partial charge is 0.127 e. The van der Waals surface area contributed by atoms with E-state index in [1.54, 1.807) is 20.3 Å². The van der Waals surface area contributed by atoms with Crippen LogP contribution in [0.25, 0.3) is 0 Å². The summed E-state index contributed by atoms with van der Waals surface area (Å²) in [5.74, 6) is 1.47. The third-order valence-electron chi connectivity index (χ3n) is 1.68. The zero-order valence-corrected chi connectivity index (χ0v) is 7.26. The van der Waals surface area contributed by atoms with E-state index in [-0.39, 0.29) is 6.54 Å². The lowest BCUT2D eigenvalue weighted by Crippen LogP contribution is -1.93. The molecule has 0 heterocycles. The highest BCUT2D eigenvalue weighted by atomic mass is 16.5. The summed E-state index contributed by atoms with van der Waals surface area (Å²) in [5, 5.41) is 0. The number of hydrogen-bond donors (Lipinski definition) is 0. The first-order chi connectivity index (χ1) is 5.81. The summed E-state index contributed by atoms with van der Waals surface area (Å²) in [5.41, 5.74) is 8.07. The van der Waals surface area contributed by atoms with Crippen molar-refractivity contribution in [3.05, 3.63) is 23.8 Å². The van der Waals surface area contributed by atoms with E-state index in [1.165, 1.54) is 0 Å². The Morgan fingerprint density at radius 1 is 1.25 bits per heavy atom. The average molecular weight is 166 g/mol. The highest BCUT2D eigenvalue weighted by molar-refractivity contribution is 5.40. The van der Waals surface area contributed by atoms with Crippen molar-refractivity contribution in [1.29, 1.82) is 0 Å². The molecule has 0 atom stereocenters. The number of methoxy groups -OCH3 is 2. The summed E-state index contributed by atoms with van der Waals surface area (Å²) in [6.07, 6.45) is 0. The molecule has 0 unspecified atom stereocenters. The third-order valence-corrected chi connectivity index (χ3v) is 1.68. The van der Waals surface area contributed by atoms with E-state index in [9.17, 15) is 0 Å². The highest BCUT2D eigenvalue weighted by Crippen LogP contribution is 2.23. The van der Waals surface area contributed by atoms with Gasteiger partial charge in [-0.1, -0.05) is 6.07 Å². The van der Waals surface area contributed by atoms with Crippen LogP contribution >= 0.6 is 0 Å². The molecule has 0 saturated heterocycles. The van der Waals surface area contributed by atoms with E-state index >= 15 is 0 Å². The van der Waals surface area contributed by atoms with Crippen molar-refractivity contribution in [3.63, 3.8) is 0 Å². The Kier molecular flexibility index (Phi) is 2.94. The lowest BCUT2D eigenvalue weighted by atomic mass is 10.2.